The molecular weight excluding hydrogens is 218 g/mol. The minimum atomic E-state index is 0.0744. The van der Waals surface area contributed by atoms with Gasteiger partial charge in [-0.2, -0.15) is 0 Å². The smallest absolute Gasteiger partial charge is 0.0335 e. The fourth-order valence-electron chi connectivity index (χ4n) is 2.28. The summed E-state index contributed by atoms with van der Waals surface area (Å²) in [5.74, 6) is 0. The topological polar surface area (TPSA) is 26.0 Å². The lowest BCUT2D eigenvalue weighted by molar-refractivity contribution is 0.717. The summed E-state index contributed by atoms with van der Waals surface area (Å²) < 4.78 is 0. The minimum Gasteiger partial charge on any atom is -0.324 e. The van der Waals surface area contributed by atoms with Crippen LogP contribution < -0.4 is 5.73 Å². The first-order chi connectivity index (χ1) is 8.56. The molecule has 0 fully saturated rings. The second-order valence-corrected chi connectivity index (χ2v) is 5.15. The molecule has 0 heterocycles. The molecule has 2 N–H and O–H groups in total. The number of nitrogens with two attached hydrogens (primary N) is 1. The van der Waals surface area contributed by atoms with Crippen LogP contribution in [0.1, 0.15) is 33.9 Å². The molecule has 0 aliphatic carbocycles. The molecule has 94 valence electrons. The molecule has 1 atom stereocenters. The van der Waals surface area contributed by atoms with E-state index in [1.54, 1.807) is 0 Å². The zero-order valence-electron chi connectivity index (χ0n) is 11.4. The maximum atomic E-state index is 6.31. The summed E-state index contributed by atoms with van der Waals surface area (Å²) >= 11 is 0. The van der Waals surface area contributed by atoms with Crippen molar-refractivity contribution in [3.63, 3.8) is 0 Å². The van der Waals surface area contributed by atoms with Gasteiger partial charge < -0.3 is 5.73 Å². The summed E-state index contributed by atoms with van der Waals surface area (Å²) in [4.78, 5) is 0. The lowest BCUT2D eigenvalue weighted by atomic mass is 9.95. The van der Waals surface area contributed by atoms with Crippen molar-refractivity contribution in [3.8, 4) is 0 Å². The molecule has 2 aromatic carbocycles. The van der Waals surface area contributed by atoms with Crippen LogP contribution in [-0.4, -0.2) is 0 Å². The molecule has 0 amide bonds. The quantitative estimate of drug-likeness (QED) is 0.865. The molecule has 1 heteroatoms. The Balaban J connectivity index is 2.21. The molecule has 0 saturated heterocycles. The van der Waals surface area contributed by atoms with E-state index in [0.29, 0.717) is 0 Å². The van der Waals surface area contributed by atoms with Gasteiger partial charge in [0.15, 0.2) is 0 Å². The van der Waals surface area contributed by atoms with Gasteiger partial charge in [0.25, 0.3) is 0 Å². The Morgan fingerprint density at radius 2 is 1.67 bits per heavy atom. The van der Waals surface area contributed by atoms with Gasteiger partial charge >= 0.3 is 0 Å². The molecule has 0 aliphatic heterocycles. The molecule has 0 saturated carbocycles. The standard InChI is InChI=1S/C17H21N/c1-12-5-4-6-15(9-12)17(18)11-16-10-13(2)7-8-14(16)3/h4-10,17H,11,18H2,1-3H3. The van der Waals surface area contributed by atoms with Gasteiger partial charge in [0.1, 0.15) is 0 Å². The molecule has 1 nitrogen and oxygen atoms in total. The van der Waals surface area contributed by atoms with E-state index in [-0.39, 0.29) is 6.04 Å². The van der Waals surface area contributed by atoms with Crippen LogP contribution in [0.25, 0.3) is 0 Å². The Bertz CT molecular complexity index is 543. The minimum absolute atomic E-state index is 0.0744. The second kappa shape index (κ2) is 5.36. The average Bonchev–Trinajstić information content (AvgIpc) is 2.34. The number of rotatable bonds is 3. The van der Waals surface area contributed by atoms with Gasteiger partial charge in [-0.05, 0) is 43.9 Å². The Hall–Kier alpha value is -1.60. The van der Waals surface area contributed by atoms with Crippen LogP contribution in [0.2, 0.25) is 0 Å². The SMILES string of the molecule is Cc1cccc(C(N)Cc2cc(C)ccc2C)c1. The van der Waals surface area contributed by atoms with Crippen molar-refractivity contribution in [3.05, 3.63) is 70.3 Å². The summed E-state index contributed by atoms with van der Waals surface area (Å²) in [5, 5.41) is 0. The van der Waals surface area contributed by atoms with Crippen LogP contribution in [0.15, 0.2) is 42.5 Å². The highest BCUT2D eigenvalue weighted by Gasteiger charge is 2.09. The van der Waals surface area contributed by atoms with Gasteiger partial charge in [-0.3, -0.25) is 0 Å². The van der Waals surface area contributed by atoms with Gasteiger partial charge in [-0.1, -0.05) is 53.6 Å². The Morgan fingerprint density at radius 3 is 2.39 bits per heavy atom. The molecule has 0 spiro atoms. The highest BCUT2D eigenvalue weighted by Crippen LogP contribution is 2.20. The first-order valence-corrected chi connectivity index (χ1v) is 6.44. The van der Waals surface area contributed by atoms with Gasteiger partial charge in [0.2, 0.25) is 0 Å². The summed E-state index contributed by atoms with van der Waals surface area (Å²) in [6.07, 6.45) is 0.900. The van der Waals surface area contributed by atoms with E-state index in [0.717, 1.165) is 6.42 Å². The zero-order valence-corrected chi connectivity index (χ0v) is 11.4. The third-order valence-corrected chi connectivity index (χ3v) is 3.41. The van der Waals surface area contributed by atoms with Crippen molar-refractivity contribution < 1.29 is 0 Å². The predicted octanol–water partition coefficient (Wildman–Crippen LogP) is 3.85. The van der Waals surface area contributed by atoms with Gasteiger partial charge in [0, 0.05) is 6.04 Å². The summed E-state index contributed by atoms with van der Waals surface area (Å²) in [7, 11) is 0. The fourth-order valence-corrected chi connectivity index (χ4v) is 2.28. The molecule has 0 aliphatic rings. The van der Waals surface area contributed by atoms with E-state index in [1.807, 2.05) is 0 Å². The van der Waals surface area contributed by atoms with Crippen molar-refractivity contribution in [1.29, 1.82) is 0 Å². The summed E-state index contributed by atoms with van der Waals surface area (Å²) in [6.45, 7) is 6.38. The number of hydrogen-bond donors (Lipinski definition) is 1. The van der Waals surface area contributed by atoms with Crippen LogP contribution in [0.3, 0.4) is 0 Å². The molecule has 2 rings (SSSR count). The molecule has 18 heavy (non-hydrogen) atoms. The van der Waals surface area contributed by atoms with Gasteiger partial charge in [-0.25, -0.2) is 0 Å². The van der Waals surface area contributed by atoms with Crippen molar-refractivity contribution in [2.24, 2.45) is 5.73 Å². The lowest BCUT2D eigenvalue weighted by Crippen LogP contribution is -2.14. The van der Waals surface area contributed by atoms with Crippen LogP contribution in [0.5, 0.6) is 0 Å². The van der Waals surface area contributed by atoms with Crippen LogP contribution in [0, 0.1) is 20.8 Å². The highest BCUT2D eigenvalue weighted by atomic mass is 14.6. The second-order valence-electron chi connectivity index (χ2n) is 5.15. The van der Waals surface area contributed by atoms with Crippen LogP contribution in [0.4, 0.5) is 0 Å². The molecule has 0 aromatic heterocycles. The molecule has 0 bridgehead atoms. The zero-order chi connectivity index (χ0) is 13.1. The summed E-state index contributed by atoms with van der Waals surface area (Å²) in [6, 6.07) is 15.1. The van der Waals surface area contributed by atoms with E-state index in [2.05, 4.69) is 63.2 Å². The first kappa shape index (κ1) is 12.8. The molecule has 0 radical (unpaired) electrons. The fraction of sp³-hybridized carbons (Fsp3) is 0.294. The Kier molecular flexibility index (Phi) is 3.83. The third-order valence-electron chi connectivity index (χ3n) is 3.41. The van der Waals surface area contributed by atoms with Crippen molar-refractivity contribution in [1.82, 2.24) is 0 Å². The Labute approximate surface area is 110 Å². The average molecular weight is 239 g/mol. The van der Waals surface area contributed by atoms with Crippen LogP contribution in [-0.2, 0) is 6.42 Å². The van der Waals surface area contributed by atoms with Crippen molar-refractivity contribution in [2.75, 3.05) is 0 Å². The molecule has 1 unspecified atom stereocenters. The Morgan fingerprint density at radius 1 is 0.944 bits per heavy atom. The third kappa shape index (κ3) is 2.99. The van der Waals surface area contributed by atoms with Crippen molar-refractivity contribution in [2.45, 2.75) is 33.2 Å². The molecule has 2 aromatic rings. The van der Waals surface area contributed by atoms with E-state index >= 15 is 0 Å². The number of hydrogen-bond acceptors (Lipinski definition) is 1. The van der Waals surface area contributed by atoms with E-state index < -0.39 is 0 Å². The normalized spacial score (nSPS) is 12.4. The largest absolute Gasteiger partial charge is 0.324 e. The number of aryl methyl sites for hydroxylation is 3. The maximum absolute atomic E-state index is 6.31. The van der Waals surface area contributed by atoms with E-state index in [1.165, 1.54) is 27.8 Å². The van der Waals surface area contributed by atoms with Gasteiger partial charge in [0.05, 0.1) is 0 Å². The summed E-state index contributed by atoms with van der Waals surface area (Å²) in [5.41, 5.74) is 12.8. The van der Waals surface area contributed by atoms with E-state index in [4.69, 9.17) is 5.73 Å². The predicted molar refractivity (Wildman–Crippen MR) is 77.7 cm³/mol. The van der Waals surface area contributed by atoms with Gasteiger partial charge in [-0.15, -0.1) is 0 Å². The highest BCUT2D eigenvalue weighted by molar-refractivity contribution is 5.33. The first-order valence-electron chi connectivity index (χ1n) is 6.44. The molecular formula is C17H21N. The van der Waals surface area contributed by atoms with E-state index in [9.17, 15) is 0 Å². The number of benzene rings is 2. The lowest BCUT2D eigenvalue weighted by Gasteiger charge is -2.15. The van der Waals surface area contributed by atoms with Crippen molar-refractivity contribution >= 4 is 0 Å². The monoisotopic (exact) mass is 239 g/mol. The maximum Gasteiger partial charge on any atom is 0.0335 e. The van der Waals surface area contributed by atoms with Crippen LogP contribution >= 0.6 is 0 Å².